The molecule has 0 unspecified atom stereocenters. The molecule has 0 fully saturated rings. The molecule has 0 atom stereocenters. The quantitative estimate of drug-likeness (QED) is 0.424. The average molecular weight is 144 g/mol. The van der Waals surface area contributed by atoms with E-state index < -0.39 is 0 Å². The highest BCUT2D eigenvalue weighted by molar-refractivity contribution is 5.55. The first-order valence-corrected chi connectivity index (χ1v) is 3.53. The number of nitrogens with zero attached hydrogens (tertiary/aromatic N) is 2. The fraction of sp³-hybridized carbons (Fsp3) is 0.857. The van der Waals surface area contributed by atoms with Gasteiger partial charge in [0.25, 0.3) is 0 Å². The molecule has 0 rings (SSSR count). The van der Waals surface area contributed by atoms with Gasteiger partial charge in [0, 0.05) is 20.4 Å². The molecule has 0 aliphatic heterocycles. The van der Waals surface area contributed by atoms with Crippen molar-refractivity contribution in [3.63, 3.8) is 0 Å². The lowest BCUT2D eigenvalue weighted by Crippen LogP contribution is -2.16. The first-order chi connectivity index (χ1) is 4.81. The van der Waals surface area contributed by atoms with Crippen LogP contribution in [0.3, 0.4) is 0 Å². The molecular formula is C7H16N2O. The smallest absolute Gasteiger partial charge is 0.0654 e. The van der Waals surface area contributed by atoms with E-state index in [4.69, 9.17) is 4.74 Å². The molecule has 0 radical (unpaired) electrons. The molecule has 3 heteroatoms. The van der Waals surface area contributed by atoms with Gasteiger partial charge in [-0.2, -0.15) is 5.10 Å². The predicted octanol–water partition coefficient (Wildman–Crippen LogP) is 0.960. The molecule has 60 valence electrons. The normalized spacial score (nSPS) is 10.7. The molecule has 0 spiro atoms. The Balaban J connectivity index is 3.24. The summed E-state index contributed by atoms with van der Waals surface area (Å²) in [6, 6.07) is 0. The number of methoxy groups -OCH3 is 1. The first-order valence-electron chi connectivity index (χ1n) is 3.53. The summed E-state index contributed by atoms with van der Waals surface area (Å²) in [7, 11) is 3.63. The summed E-state index contributed by atoms with van der Waals surface area (Å²) >= 11 is 0. The molecule has 0 saturated carbocycles. The largest absolute Gasteiger partial charge is 0.383 e. The standard InChI is InChI=1S/C7H16N2O/c1-4-5-8-9(2)6-7-10-3/h5H,4,6-7H2,1-3H3/b8-5-. The second kappa shape index (κ2) is 6.55. The van der Waals surface area contributed by atoms with E-state index >= 15 is 0 Å². The van der Waals surface area contributed by atoms with Gasteiger partial charge in [-0.1, -0.05) is 6.92 Å². The highest BCUT2D eigenvalue weighted by atomic mass is 16.5. The number of rotatable bonds is 5. The molecule has 3 nitrogen and oxygen atoms in total. The molecule has 0 N–H and O–H groups in total. The molecule has 0 heterocycles. The Morgan fingerprint density at radius 1 is 1.60 bits per heavy atom. The molecule has 0 aromatic carbocycles. The molecule has 0 aromatic rings. The summed E-state index contributed by atoms with van der Waals surface area (Å²) in [5, 5.41) is 5.98. The van der Waals surface area contributed by atoms with Crippen LogP contribution in [0.4, 0.5) is 0 Å². The van der Waals surface area contributed by atoms with Crippen molar-refractivity contribution in [1.82, 2.24) is 5.01 Å². The van der Waals surface area contributed by atoms with Crippen LogP contribution in [-0.4, -0.2) is 38.5 Å². The van der Waals surface area contributed by atoms with Crippen LogP contribution >= 0.6 is 0 Å². The van der Waals surface area contributed by atoms with Crippen LogP contribution in [0.1, 0.15) is 13.3 Å². The monoisotopic (exact) mass is 144 g/mol. The number of likely N-dealkylation sites (N-methyl/N-ethyl adjacent to an activating group) is 1. The second-order valence-corrected chi connectivity index (χ2v) is 2.08. The topological polar surface area (TPSA) is 24.8 Å². The number of hydrogen-bond donors (Lipinski definition) is 0. The van der Waals surface area contributed by atoms with E-state index in [1.54, 1.807) is 7.11 Å². The fourth-order valence-corrected chi connectivity index (χ4v) is 0.502. The minimum Gasteiger partial charge on any atom is -0.383 e. The van der Waals surface area contributed by atoms with Gasteiger partial charge in [0.05, 0.1) is 13.2 Å². The maximum Gasteiger partial charge on any atom is 0.0654 e. The first kappa shape index (κ1) is 9.43. The van der Waals surface area contributed by atoms with Crippen molar-refractivity contribution in [2.45, 2.75) is 13.3 Å². The zero-order valence-electron chi connectivity index (χ0n) is 7.00. The zero-order chi connectivity index (χ0) is 7.82. The van der Waals surface area contributed by atoms with Crippen LogP contribution in [0.5, 0.6) is 0 Å². The lowest BCUT2D eigenvalue weighted by molar-refractivity contribution is 0.163. The van der Waals surface area contributed by atoms with Crippen LogP contribution in [0.25, 0.3) is 0 Å². The molecule has 0 aliphatic rings. The van der Waals surface area contributed by atoms with Gasteiger partial charge in [-0.05, 0) is 6.42 Å². The predicted molar refractivity (Wildman–Crippen MR) is 43.3 cm³/mol. The lowest BCUT2D eigenvalue weighted by atomic mass is 10.5. The minimum atomic E-state index is 0.734. The molecule has 0 saturated heterocycles. The zero-order valence-corrected chi connectivity index (χ0v) is 7.00. The maximum atomic E-state index is 4.88. The van der Waals surface area contributed by atoms with E-state index in [1.807, 2.05) is 18.3 Å². The molecule has 0 aromatic heterocycles. The van der Waals surface area contributed by atoms with E-state index in [9.17, 15) is 0 Å². The van der Waals surface area contributed by atoms with Crippen LogP contribution in [0, 0.1) is 0 Å². The van der Waals surface area contributed by atoms with Crippen LogP contribution < -0.4 is 0 Å². The summed E-state index contributed by atoms with van der Waals surface area (Å²) in [5.41, 5.74) is 0. The van der Waals surface area contributed by atoms with Crippen molar-refractivity contribution in [2.24, 2.45) is 5.10 Å². The van der Waals surface area contributed by atoms with Gasteiger partial charge in [0.2, 0.25) is 0 Å². The molecule has 10 heavy (non-hydrogen) atoms. The van der Waals surface area contributed by atoms with E-state index in [0.29, 0.717) is 0 Å². The van der Waals surface area contributed by atoms with Crippen molar-refractivity contribution in [1.29, 1.82) is 0 Å². The highest BCUT2D eigenvalue weighted by Gasteiger charge is 1.88. The third-order valence-electron chi connectivity index (χ3n) is 1.08. The van der Waals surface area contributed by atoms with Crippen LogP contribution in [0.15, 0.2) is 5.10 Å². The number of hydrogen-bond acceptors (Lipinski definition) is 3. The summed E-state index contributed by atoms with van der Waals surface area (Å²) in [6.07, 6.45) is 2.87. The summed E-state index contributed by atoms with van der Waals surface area (Å²) in [6.45, 7) is 3.65. The molecule has 0 aliphatic carbocycles. The number of ether oxygens (including phenoxy) is 1. The highest BCUT2D eigenvalue weighted by Crippen LogP contribution is 1.82. The SMILES string of the molecule is CC/C=N\N(C)CCOC. The van der Waals surface area contributed by atoms with Gasteiger partial charge in [-0.25, -0.2) is 0 Å². The molecular weight excluding hydrogens is 128 g/mol. The van der Waals surface area contributed by atoms with Gasteiger partial charge in [0.1, 0.15) is 0 Å². The average Bonchev–Trinajstić information content (AvgIpc) is 1.97. The minimum absolute atomic E-state index is 0.734. The Bertz CT molecular complexity index is 93.6. The van der Waals surface area contributed by atoms with Crippen molar-refractivity contribution in [3.8, 4) is 0 Å². The Morgan fingerprint density at radius 3 is 2.80 bits per heavy atom. The fourth-order valence-electron chi connectivity index (χ4n) is 0.502. The second-order valence-electron chi connectivity index (χ2n) is 2.08. The van der Waals surface area contributed by atoms with Crippen molar-refractivity contribution < 1.29 is 4.74 Å². The Morgan fingerprint density at radius 2 is 2.30 bits per heavy atom. The van der Waals surface area contributed by atoms with Gasteiger partial charge in [-0.15, -0.1) is 0 Å². The van der Waals surface area contributed by atoms with Crippen molar-refractivity contribution in [3.05, 3.63) is 0 Å². The van der Waals surface area contributed by atoms with Gasteiger partial charge >= 0.3 is 0 Å². The lowest BCUT2D eigenvalue weighted by Gasteiger charge is -2.10. The van der Waals surface area contributed by atoms with Crippen molar-refractivity contribution in [2.75, 3.05) is 27.3 Å². The van der Waals surface area contributed by atoms with E-state index in [1.165, 1.54) is 0 Å². The maximum absolute atomic E-state index is 4.88. The van der Waals surface area contributed by atoms with E-state index in [0.717, 1.165) is 19.6 Å². The van der Waals surface area contributed by atoms with E-state index in [2.05, 4.69) is 12.0 Å². The van der Waals surface area contributed by atoms with Crippen molar-refractivity contribution >= 4 is 6.21 Å². The summed E-state index contributed by atoms with van der Waals surface area (Å²) < 4.78 is 4.88. The summed E-state index contributed by atoms with van der Waals surface area (Å²) in [5.74, 6) is 0. The van der Waals surface area contributed by atoms with E-state index in [-0.39, 0.29) is 0 Å². The Labute approximate surface area is 62.7 Å². The van der Waals surface area contributed by atoms with Crippen LogP contribution in [0.2, 0.25) is 0 Å². The van der Waals surface area contributed by atoms with Gasteiger partial charge in [-0.3, -0.25) is 5.01 Å². The Kier molecular flexibility index (Phi) is 6.18. The molecule has 0 bridgehead atoms. The third kappa shape index (κ3) is 5.56. The third-order valence-corrected chi connectivity index (χ3v) is 1.08. The van der Waals surface area contributed by atoms with Gasteiger partial charge in [0.15, 0.2) is 0 Å². The summed E-state index contributed by atoms with van der Waals surface area (Å²) in [4.78, 5) is 0. The molecule has 0 amide bonds. The van der Waals surface area contributed by atoms with Crippen LogP contribution in [-0.2, 0) is 4.74 Å². The Hall–Kier alpha value is -0.570. The van der Waals surface area contributed by atoms with Gasteiger partial charge < -0.3 is 4.74 Å². The number of hydrazone groups is 1.